The van der Waals surface area contributed by atoms with E-state index in [2.05, 4.69) is 46.7 Å². The second-order valence-electron chi connectivity index (χ2n) is 3.59. The number of thiocarbonyl (C=S) groups is 1. The minimum Gasteiger partial charge on any atom is -0.368 e. The van der Waals surface area contributed by atoms with Gasteiger partial charge in [0.05, 0.1) is 0 Å². The summed E-state index contributed by atoms with van der Waals surface area (Å²) in [6.45, 7) is 3.98. The van der Waals surface area contributed by atoms with E-state index in [4.69, 9.17) is 12.2 Å². The molecule has 0 saturated carbocycles. The van der Waals surface area contributed by atoms with Crippen LogP contribution < -0.4 is 34.5 Å². The predicted molar refractivity (Wildman–Crippen MR) is 71.8 cm³/mol. The van der Waals surface area contributed by atoms with Crippen LogP contribution in [-0.2, 0) is 0 Å². The second-order valence-corrected chi connectivity index (χ2v) is 4.71. The van der Waals surface area contributed by atoms with Crippen molar-refractivity contribution in [3.05, 3.63) is 30.3 Å². The van der Waals surface area contributed by atoms with E-state index in [0.717, 1.165) is 26.2 Å². The number of benzene rings is 1. The Balaban J connectivity index is 0.00000128. The van der Waals surface area contributed by atoms with Gasteiger partial charge in [-0.3, -0.25) is 0 Å². The molecular formula is C11H14N2NaS2+. The molecule has 0 unspecified atom stereocenters. The first-order chi connectivity index (χ1) is 7.27. The fourth-order valence-electron chi connectivity index (χ4n) is 1.79. The van der Waals surface area contributed by atoms with Crippen molar-refractivity contribution in [2.45, 2.75) is 0 Å². The summed E-state index contributed by atoms with van der Waals surface area (Å²) in [6, 6.07) is 10.5. The largest absolute Gasteiger partial charge is 1.00 e. The van der Waals surface area contributed by atoms with Crippen LogP contribution in [0.2, 0.25) is 0 Å². The van der Waals surface area contributed by atoms with E-state index in [1.807, 2.05) is 6.07 Å². The molecule has 2 nitrogen and oxygen atoms in total. The van der Waals surface area contributed by atoms with Crippen LogP contribution in [0.3, 0.4) is 0 Å². The summed E-state index contributed by atoms with van der Waals surface area (Å²) < 4.78 is 0.711. The van der Waals surface area contributed by atoms with E-state index in [1.54, 1.807) is 0 Å². The summed E-state index contributed by atoms with van der Waals surface area (Å²) in [5.41, 5.74) is 1.29. The maximum Gasteiger partial charge on any atom is 1.00 e. The number of para-hydroxylation sites is 1. The van der Waals surface area contributed by atoms with Gasteiger partial charge < -0.3 is 9.80 Å². The third-order valence-corrected chi connectivity index (χ3v) is 3.21. The molecule has 0 bridgehead atoms. The Morgan fingerprint density at radius 2 is 1.62 bits per heavy atom. The monoisotopic (exact) mass is 261 g/mol. The smallest absolute Gasteiger partial charge is 0.368 e. The summed E-state index contributed by atoms with van der Waals surface area (Å²) in [7, 11) is 0. The molecule has 1 aromatic rings. The molecule has 1 fully saturated rings. The van der Waals surface area contributed by atoms with Gasteiger partial charge in [-0.1, -0.05) is 30.4 Å². The SMILES string of the molecule is S=C(S)N1CCN(c2ccccc2)CC1.[Na+]. The molecular weight excluding hydrogens is 247 g/mol. The van der Waals surface area contributed by atoms with Crippen LogP contribution in [0, 0.1) is 0 Å². The van der Waals surface area contributed by atoms with E-state index in [0.29, 0.717) is 4.32 Å². The first-order valence-electron chi connectivity index (χ1n) is 5.05. The number of hydrogen-bond acceptors (Lipinski definition) is 2. The van der Waals surface area contributed by atoms with Crippen molar-refractivity contribution in [3.8, 4) is 0 Å². The molecule has 0 aromatic heterocycles. The van der Waals surface area contributed by atoms with Gasteiger partial charge in [0.1, 0.15) is 4.32 Å². The molecule has 1 heterocycles. The molecule has 0 radical (unpaired) electrons. The van der Waals surface area contributed by atoms with Crippen LogP contribution in [0.15, 0.2) is 30.3 Å². The summed E-state index contributed by atoms with van der Waals surface area (Å²) in [4.78, 5) is 4.51. The van der Waals surface area contributed by atoms with Gasteiger partial charge in [-0.05, 0) is 12.1 Å². The number of hydrogen-bond donors (Lipinski definition) is 1. The molecule has 5 heteroatoms. The second kappa shape index (κ2) is 6.87. The standard InChI is InChI=1S/C11H14N2S2.Na/c14-11(15)13-8-6-12(7-9-13)10-4-2-1-3-5-10;/h1-5H,6-9H2,(H,14,15);/q;+1. The molecule has 16 heavy (non-hydrogen) atoms. The zero-order chi connectivity index (χ0) is 10.7. The van der Waals surface area contributed by atoms with Crippen LogP contribution in [0.25, 0.3) is 0 Å². The number of rotatable bonds is 1. The van der Waals surface area contributed by atoms with Crippen molar-refractivity contribution in [3.63, 3.8) is 0 Å². The Morgan fingerprint density at radius 3 is 2.12 bits per heavy atom. The van der Waals surface area contributed by atoms with Gasteiger partial charge in [-0.25, -0.2) is 0 Å². The molecule has 1 aromatic carbocycles. The molecule has 80 valence electrons. The van der Waals surface area contributed by atoms with E-state index in [1.165, 1.54) is 5.69 Å². The molecule has 0 amide bonds. The minimum absolute atomic E-state index is 0. The quantitative estimate of drug-likeness (QED) is 0.395. The molecule has 2 rings (SSSR count). The van der Waals surface area contributed by atoms with Gasteiger partial charge >= 0.3 is 29.6 Å². The van der Waals surface area contributed by atoms with Crippen molar-refractivity contribution in [2.24, 2.45) is 0 Å². The topological polar surface area (TPSA) is 6.48 Å². The van der Waals surface area contributed by atoms with E-state index in [9.17, 15) is 0 Å². The molecule has 0 N–H and O–H groups in total. The average Bonchev–Trinajstić information content (AvgIpc) is 2.30. The van der Waals surface area contributed by atoms with Crippen molar-refractivity contribution < 1.29 is 29.6 Å². The van der Waals surface area contributed by atoms with Crippen LogP contribution in [0.1, 0.15) is 0 Å². The average molecular weight is 261 g/mol. The van der Waals surface area contributed by atoms with Crippen LogP contribution >= 0.6 is 24.8 Å². The minimum atomic E-state index is 0. The van der Waals surface area contributed by atoms with Gasteiger partial charge in [-0.2, -0.15) is 0 Å². The van der Waals surface area contributed by atoms with E-state index >= 15 is 0 Å². The van der Waals surface area contributed by atoms with Crippen molar-refractivity contribution in [1.82, 2.24) is 4.90 Å². The van der Waals surface area contributed by atoms with Gasteiger partial charge in [0.25, 0.3) is 0 Å². The van der Waals surface area contributed by atoms with E-state index < -0.39 is 0 Å². The fourth-order valence-corrected chi connectivity index (χ4v) is 2.18. The molecule has 1 saturated heterocycles. The van der Waals surface area contributed by atoms with Crippen LogP contribution in [0.4, 0.5) is 5.69 Å². The molecule has 1 aliphatic heterocycles. The normalized spacial score (nSPS) is 15.6. The Morgan fingerprint density at radius 1 is 1.06 bits per heavy atom. The van der Waals surface area contributed by atoms with Crippen molar-refractivity contribution in [1.29, 1.82) is 0 Å². The third kappa shape index (κ3) is 3.64. The maximum absolute atomic E-state index is 5.04. The molecule has 0 spiro atoms. The maximum atomic E-state index is 5.04. The molecule has 1 aliphatic rings. The Labute approximate surface area is 130 Å². The first-order valence-corrected chi connectivity index (χ1v) is 5.91. The van der Waals surface area contributed by atoms with Crippen molar-refractivity contribution >= 4 is 34.9 Å². The van der Waals surface area contributed by atoms with Gasteiger partial charge in [0, 0.05) is 31.9 Å². The zero-order valence-corrected chi connectivity index (χ0v) is 13.2. The van der Waals surface area contributed by atoms with E-state index in [-0.39, 0.29) is 29.6 Å². The predicted octanol–water partition coefficient (Wildman–Crippen LogP) is -0.973. The molecule has 0 aliphatic carbocycles. The first kappa shape index (κ1) is 14.3. The Kier molecular flexibility index (Phi) is 6.15. The van der Waals surface area contributed by atoms with Gasteiger partial charge in [0.15, 0.2) is 0 Å². The zero-order valence-electron chi connectivity index (χ0n) is 9.47. The number of anilines is 1. The number of piperazine rings is 1. The van der Waals surface area contributed by atoms with Crippen molar-refractivity contribution in [2.75, 3.05) is 31.1 Å². The third-order valence-electron chi connectivity index (χ3n) is 2.67. The Hall–Kier alpha value is 0.260. The summed E-state index contributed by atoms with van der Waals surface area (Å²) in [5.74, 6) is 0. The summed E-state index contributed by atoms with van der Waals surface area (Å²) >= 11 is 9.24. The molecule has 0 atom stereocenters. The summed E-state index contributed by atoms with van der Waals surface area (Å²) in [5, 5.41) is 0. The summed E-state index contributed by atoms with van der Waals surface area (Å²) in [6.07, 6.45) is 0. The number of thiol groups is 1. The van der Waals surface area contributed by atoms with Crippen LogP contribution in [0.5, 0.6) is 0 Å². The van der Waals surface area contributed by atoms with Gasteiger partial charge in [0.2, 0.25) is 0 Å². The Bertz CT molecular complexity index is 337. The number of nitrogens with zero attached hydrogens (tertiary/aromatic N) is 2. The van der Waals surface area contributed by atoms with Gasteiger partial charge in [-0.15, -0.1) is 12.6 Å². The fraction of sp³-hybridized carbons (Fsp3) is 0.364. The van der Waals surface area contributed by atoms with Crippen LogP contribution in [-0.4, -0.2) is 35.4 Å².